The topological polar surface area (TPSA) is 229 Å². The second-order valence-corrected chi connectivity index (χ2v) is 7.54. The number of fused-ring (bicyclic) bond motifs is 1. The highest BCUT2D eigenvalue weighted by molar-refractivity contribution is 5.97. The summed E-state index contributed by atoms with van der Waals surface area (Å²) in [5.41, 5.74) is 6.23. The Morgan fingerprint density at radius 3 is 2.53 bits per heavy atom. The fraction of sp³-hybridized carbons (Fsp3) is 0.300. The van der Waals surface area contributed by atoms with Gasteiger partial charge in [0.15, 0.2) is 5.82 Å². The summed E-state index contributed by atoms with van der Waals surface area (Å²) in [5.74, 6) is -4.82. The van der Waals surface area contributed by atoms with E-state index < -0.39 is 41.8 Å². The van der Waals surface area contributed by atoms with Crippen molar-refractivity contribution in [1.29, 1.82) is 0 Å². The molecule has 1 unspecified atom stereocenters. The van der Waals surface area contributed by atoms with Gasteiger partial charge in [-0.1, -0.05) is 0 Å². The Balaban J connectivity index is 1.56. The van der Waals surface area contributed by atoms with E-state index in [1.807, 2.05) is 0 Å². The first-order chi connectivity index (χ1) is 16.2. The molecule has 1 aliphatic heterocycles. The smallest absolute Gasteiger partial charge is 0.326 e. The third-order valence-corrected chi connectivity index (χ3v) is 5.08. The summed E-state index contributed by atoms with van der Waals surface area (Å²) in [7, 11) is 0. The molecular weight excluding hydrogens is 450 g/mol. The van der Waals surface area contributed by atoms with E-state index in [4.69, 9.17) is 10.8 Å². The Morgan fingerprint density at radius 2 is 1.91 bits per heavy atom. The number of carboxylic acid groups (broad SMARTS) is 2. The second kappa shape index (κ2) is 10.3. The highest BCUT2D eigenvalue weighted by atomic mass is 16.4. The van der Waals surface area contributed by atoms with Gasteiger partial charge in [0, 0.05) is 24.3 Å². The molecule has 0 spiro atoms. The van der Waals surface area contributed by atoms with Gasteiger partial charge in [0.1, 0.15) is 23.9 Å². The van der Waals surface area contributed by atoms with Crippen molar-refractivity contribution in [1.82, 2.24) is 15.3 Å². The number of anilines is 4. The van der Waals surface area contributed by atoms with Crippen LogP contribution in [0.15, 0.2) is 29.1 Å². The molecule has 2 heterocycles. The number of carbonyl (C=O) groups excluding carboxylic acids is 2. The third-order valence-electron chi connectivity index (χ3n) is 5.08. The van der Waals surface area contributed by atoms with Crippen LogP contribution in [0.2, 0.25) is 0 Å². The molecule has 0 fully saturated rings. The summed E-state index contributed by atoms with van der Waals surface area (Å²) in [6.07, 6.45) is -0.446. The lowest BCUT2D eigenvalue weighted by Crippen LogP contribution is -2.43. The van der Waals surface area contributed by atoms with Crippen molar-refractivity contribution in [3.8, 4) is 0 Å². The van der Waals surface area contributed by atoms with Gasteiger partial charge < -0.3 is 42.0 Å². The zero-order valence-electron chi connectivity index (χ0n) is 17.7. The maximum Gasteiger partial charge on any atom is 0.326 e. The van der Waals surface area contributed by atoms with E-state index in [2.05, 4.69) is 31.2 Å². The molecule has 1 aromatic carbocycles. The summed E-state index contributed by atoms with van der Waals surface area (Å²) in [4.78, 5) is 64.0. The van der Waals surface area contributed by atoms with Gasteiger partial charge in [-0.25, -0.2) is 4.79 Å². The van der Waals surface area contributed by atoms with Gasteiger partial charge in [0.25, 0.3) is 11.5 Å². The molecule has 1 amide bonds. The van der Waals surface area contributed by atoms with Crippen LogP contribution in [0.25, 0.3) is 0 Å². The number of hydrogen-bond acceptors (Lipinski definition) is 10. The van der Waals surface area contributed by atoms with Gasteiger partial charge >= 0.3 is 11.9 Å². The standard InChI is InChI=1S/C20H23N7O7/c21-20-26-15-14(17(30)27-20)24-12(7-23-15)6-22-11-3-1-9(2-4-11)16(29)25-13(19(33)34)5-10(8-28)18(31)32/h1-4,8,10,12-13,22,24H,5-7H2,(H,25,29)(H,31,32)(H,33,34)(H4,21,23,26,27,30)/t10?,12-,13+/m1/s1. The number of aldehydes is 1. The molecule has 0 saturated heterocycles. The highest BCUT2D eigenvalue weighted by Gasteiger charge is 2.28. The van der Waals surface area contributed by atoms with E-state index in [0.29, 0.717) is 24.6 Å². The number of nitrogens with zero attached hydrogens (tertiary/aromatic N) is 1. The van der Waals surface area contributed by atoms with Crippen LogP contribution >= 0.6 is 0 Å². The first kappa shape index (κ1) is 24.0. The number of carbonyl (C=O) groups is 4. The highest BCUT2D eigenvalue weighted by Crippen LogP contribution is 2.20. The van der Waals surface area contributed by atoms with Crippen LogP contribution in [0.3, 0.4) is 0 Å². The van der Waals surface area contributed by atoms with Crippen LogP contribution in [-0.2, 0) is 14.4 Å². The van der Waals surface area contributed by atoms with Gasteiger partial charge in [0.2, 0.25) is 5.95 Å². The molecule has 14 nitrogen and oxygen atoms in total. The first-order valence-electron chi connectivity index (χ1n) is 10.1. The van der Waals surface area contributed by atoms with E-state index >= 15 is 0 Å². The van der Waals surface area contributed by atoms with Gasteiger partial charge in [-0.15, -0.1) is 0 Å². The minimum Gasteiger partial charge on any atom is -0.481 e. The summed E-state index contributed by atoms with van der Waals surface area (Å²) in [6, 6.07) is 4.44. The predicted octanol–water partition coefficient (Wildman–Crippen LogP) is -0.857. The largest absolute Gasteiger partial charge is 0.481 e. The quantitative estimate of drug-likeness (QED) is 0.156. The van der Waals surface area contributed by atoms with E-state index in [-0.39, 0.29) is 29.5 Å². The van der Waals surface area contributed by atoms with Crippen molar-refractivity contribution in [3.05, 3.63) is 40.2 Å². The maximum absolute atomic E-state index is 12.4. The predicted molar refractivity (Wildman–Crippen MR) is 121 cm³/mol. The summed E-state index contributed by atoms with van der Waals surface area (Å²) < 4.78 is 0. The van der Waals surface area contributed by atoms with Gasteiger partial charge in [-0.2, -0.15) is 4.98 Å². The molecule has 9 N–H and O–H groups in total. The molecule has 0 bridgehead atoms. The number of nitrogens with one attached hydrogen (secondary N) is 5. The summed E-state index contributed by atoms with van der Waals surface area (Å²) in [5, 5.41) is 29.7. The number of aromatic amines is 1. The number of carboxylic acids is 2. The summed E-state index contributed by atoms with van der Waals surface area (Å²) >= 11 is 0. The third kappa shape index (κ3) is 5.79. The van der Waals surface area contributed by atoms with Gasteiger partial charge in [-0.3, -0.25) is 19.4 Å². The number of hydrogen-bond donors (Lipinski definition) is 8. The molecule has 3 rings (SSSR count). The van der Waals surface area contributed by atoms with Crippen LogP contribution in [-0.4, -0.2) is 69.5 Å². The Kier molecular flexibility index (Phi) is 7.30. The second-order valence-electron chi connectivity index (χ2n) is 7.54. The van der Waals surface area contributed by atoms with Crippen LogP contribution < -0.4 is 32.6 Å². The van der Waals surface area contributed by atoms with Crippen molar-refractivity contribution in [2.24, 2.45) is 5.92 Å². The zero-order chi connectivity index (χ0) is 24.8. The average Bonchev–Trinajstić information content (AvgIpc) is 2.80. The van der Waals surface area contributed by atoms with Crippen molar-refractivity contribution >= 4 is 47.3 Å². The van der Waals surface area contributed by atoms with Crippen LogP contribution in [0.5, 0.6) is 0 Å². The number of nitrogens with two attached hydrogens (primary N) is 1. The number of benzene rings is 1. The number of aliphatic carboxylic acids is 2. The molecule has 34 heavy (non-hydrogen) atoms. The van der Waals surface area contributed by atoms with Gasteiger partial charge in [-0.05, 0) is 30.7 Å². The lowest BCUT2D eigenvalue weighted by molar-refractivity contribution is -0.145. The Hall–Kier alpha value is -4.62. The number of rotatable bonds is 10. The Bertz CT molecular complexity index is 1150. The van der Waals surface area contributed by atoms with Crippen LogP contribution in [0.4, 0.5) is 23.1 Å². The monoisotopic (exact) mass is 473 g/mol. The van der Waals surface area contributed by atoms with E-state index in [9.17, 15) is 29.1 Å². The Morgan fingerprint density at radius 1 is 1.21 bits per heavy atom. The Labute approximate surface area is 192 Å². The van der Waals surface area contributed by atoms with E-state index in [1.165, 1.54) is 12.1 Å². The molecule has 3 atom stereocenters. The molecular formula is C20H23N7O7. The average molecular weight is 473 g/mol. The van der Waals surface area contributed by atoms with Crippen molar-refractivity contribution < 1.29 is 29.4 Å². The molecule has 180 valence electrons. The lowest BCUT2D eigenvalue weighted by atomic mass is 10.0. The normalized spacial score (nSPS) is 16.1. The van der Waals surface area contributed by atoms with Crippen molar-refractivity contribution in [3.63, 3.8) is 0 Å². The van der Waals surface area contributed by atoms with Crippen LogP contribution in [0, 0.1) is 5.92 Å². The van der Waals surface area contributed by atoms with Crippen molar-refractivity contribution in [2.45, 2.75) is 18.5 Å². The molecule has 14 heteroatoms. The lowest BCUT2D eigenvalue weighted by Gasteiger charge is -2.27. The van der Waals surface area contributed by atoms with Gasteiger partial charge in [0.05, 0.1) is 6.04 Å². The summed E-state index contributed by atoms with van der Waals surface area (Å²) in [6.45, 7) is 0.899. The molecule has 0 aliphatic carbocycles. The minimum absolute atomic E-state index is 0.0128. The molecule has 0 radical (unpaired) electrons. The van der Waals surface area contributed by atoms with Crippen molar-refractivity contribution in [2.75, 3.05) is 34.8 Å². The first-order valence-corrected chi connectivity index (χ1v) is 10.1. The number of nitrogen functional groups attached to an aromatic ring is 1. The maximum atomic E-state index is 12.4. The number of aromatic nitrogens is 2. The minimum atomic E-state index is -1.55. The van der Waals surface area contributed by atoms with E-state index in [0.717, 1.165) is 0 Å². The number of amides is 1. The van der Waals surface area contributed by atoms with Crippen LogP contribution in [0.1, 0.15) is 16.8 Å². The SMILES string of the molecule is Nc1nc2c(c(=O)[nH]1)N[C@H](CNc1ccc(C(=O)N[C@@H](CC(C=O)C(=O)O)C(=O)O)cc1)CN2. The molecule has 1 aliphatic rings. The molecule has 2 aromatic rings. The molecule has 0 saturated carbocycles. The van der Waals surface area contributed by atoms with E-state index in [1.54, 1.807) is 12.1 Å². The molecule has 1 aromatic heterocycles. The number of H-pyrrole nitrogens is 1. The fourth-order valence-corrected chi connectivity index (χ4v) is 3.26. The fourth-order valence-electron chi connectivity index (χ4n) is 3.26. The zero-order valence-corrected chi connectivity index (χ0v) is 17.7.